The van der Waals surface area contributed by atoms with Gasteiger partial charge in [0.05, 0.1) is 0 Å². The number of nitrogens with zero attached hydrogens (tertiary/aromatic N) is 3. The summed E-state index contributed by atoms with van der Waals surface area (Å²) >= 11 is 0. The lowest BCUT2D eigenvalue weighted by molar-refractivity contribution is 0.248. The van der Waals surface area contributed by atoms with E-state index in [1.165, 1.54) is 25.1 Å². The van der Waals surface area contributed by atoms with Crippen LogP contribution in [-0.4, -0.2) is 41.5 Å². The van der Waals surface area contributed by atoms with Crippen molar-refractivity contribution >= 4 is 0 Å². The molecule has 4 nitrogen and oxygen atoms in total. The molecule has 2 atom stereocenters. The molecule has 1 aromatic rings. The number of aromatic nitrogens is 2. The summed E-state index contributed by atoms with van der Waals surface area (Å²) in [7, 11) is 2.19. The van der Waals surface area contributed by atoms with Crippen LogP contribution in [0.25, 0.3) is 0 Å². The minimum Gasteiger partial charge on any atom is -0.330 e. The lowest BCUT2D eigenvalue weighted by Crippen LogP contribution is -2.31. The number of hydrogen-bond donors (Lipinski definition) is 1. The van der Waals surface area contributed by atoms with Crippen LogP contribution in [0.15, 0.2) is 12.3 Å². The molecule has 0 bridgehead atoms. The summed E-state index contributed by atoms with van der Waals surface area (Å²) in [4.78, 5) is 11.5. The minimum absolute atomic E-state index is 0.453. The van der Waals surface area contributed by atoms with E-state index in [2.05, 4.69) is 29.9 Å². The highest BCUT2D eigenvalue weighted by Gasteiger charge is 2.20. The number of nitrogens with two attached hydrogens (primary N) is 1. The topological polar surface area (TPSA) is 55.0 Å². The first-order chi connectivity index (χ1) is 8.69. The molecule has 100 valence electrons. The summed E-state index contributed by atoms with van der Waals surface area (Å²) in [5.74, 6) is 1.96. The maximum atomic E-state index is 5.66. The molecule has 2 rings (SSSR count). The van der Waals surface area contributed by atoms with Gasteiger partial charge in [-0.05, 0) is 45.0 Å². The van der Waals surface area contributed by atoms with Crippen LogP contribution in [0, 0.1) is 5.92 Å². The van der Waals surface area contributed by atoms with E-state index in [9.17, 15) is 0 Å². The number of likely N-dealkylation sites (tertiary alicyclic amines) is 1. The molecule has 0 aliphatic carbocycles. The van der Waals surface area contributed by atoms with Crippen LogP contribution in [-0.2, 0) is 6.42 Å². The van der Waals surface area contributed by atoms with Gasteiger partial charge in [0.25, 0.3) is 0 Å². The Morgan fingerprint density at radius 2 is 2.39 bits per heavy atom. The van der Waals surface area contributed by atoms with Gasteiger partial charge in [0.1, 0.15) is 5.82 Å². The fourth-order valence-electron chi connectivity index (χ4n) is 2.54. The smallest absolute Gasteiger partial charge is 0.128 e. The van der Waals surface area contributed by atoms with Crippen molar-refractivity contribution < 1.29 is 0 Å². The maximum absolute atomic E-state index is 5.66. The molecule has 1 aliphatic rings. The molecule has 0 radical (unpaired) electrons. The van der Waals surface area contributed by atoms with E-state index in [1.807, 2.05) is 6.20 Å². The van der Waals surface area contributed by atoms with Crippen molar-refractivity contribution in [3.63, 3.8) is 0 Å². The van der Waals surface area contributed by atoms with E-state index >= 15 is 0 Å². The molecule has 2 unspecified atom stereocenters. The van der Waals surface area contributed by atoms with Crippen LogP contribution in [0.1, 0.15) is 37.2 Å². The fourth-order valence-corrected chi connectivity index (χ4v) is 2.54. The van der Waals surface area contributed by atoms with Gasteiger partial charge < -0.3 is 10.6 Å². The van der Waals surface area contributed by atoms with Gasteiger partial charge in [0.2, 0.25) is 0 Å². The quantitative estimate of drug-likeness (QED) is 0.875. The van der Waals surface area contributed by atoms with Gasteiger partial charge in [-0.2, -0.15) is 0 Å². The number of piperidine rings is 1. The molecule has 2 heterocycles. The molecule has 1 aromatic heterocycles. The van der Waals surface area contributed by atoms with Gasteiger partial charge >= 0.3 is 0 Å². The highest BCUT2D eigenvalue weighted by molar-refractivity contribution is 5.10. The Hall–Kier alpha value is -1.00. The van der Waals surface area contributed by atoms with Gasteiger partial charge in [-0.1, -0.05) is 6.92 Å². The summed E-state index contributed by atoms with van der Waals surface area (Å²) in [6, 6.07) is 2.07. The van der Waals surface area contributed by atoms with E-state index in [-0.39, 0.29) is 0 Å². The molecule has 1 fully saturated rings. The summed E-state index contributed by atoms with van der Waals surface area (Å²) in [5, 5.41) is 0. The zero-order chi connectivity index (χ0) is 13.0. The molecular weight excluding hydrogens is 224 g/mol. The second kappa shape index (κ2) is 6.25. The standard InChI is InChI=1S/C14H24N4/c1-11(9-15)8-14-16-6-5-13(17-14)12-4-3-7-18(2)10-12/h5-6,11-12H,3-4,7-10,15H2,1-2H3. The Morgan fingerprint density at radius 1 is 1.56 bits per heavy atom. The predicted molar refractivity (Wildman–Crippen MR) is 73.4 cm³/mol. The summed E-state index contributed by atoms with van der Waals surface area (Å²) in [5.41, 5.74) is 6.86. The van der Waals surface area contributed by atoms with Crippen LogP contribution in [0.2, 0.25) is 0 Å². The average Bonchev–Trinajstić information content (AvgIpc) is 2.39. The average molecular weight is 248 g/mol. The molecule has 0 amide bonds. The highest BCUT2D eigenvalue weighted by atomic mass is 15.1. The Balaban J connectivity index is 2.06. The van der Waals surface area contributed by atoms with E-state index in [0.717, 1.165) is 18.8 Å². The third-order valence-corrected chi connectivity index (χ3v) is 3.70. The molecule has 4 heteroatoms. The summed E-state index contributed by atoms with van der Waals surface area (Å²) < 4.78 is 0. The first kappa shape index (κ1) is 13.4. The van der Waals surface area contributed by atoms with Crippen LogP contribution in [0.4, 0.5) is 0 Å². The lowest BCUT2D eigenvalue weighted by Gasteiger charge is -2.29. The Morgan fingerprint density at radius 3 is 3.11 bits per heavy atom. The van der Waals surface area contributed by atoms with E-state index in [0.29, 0.717) is 18.4 Å². The number of hydrogen-bond acceptors (Lipinski definition) is 4. The SMILES string of the molecule is CC(CN)Cc1nccc(C2CCCN(C)C2)n1. The van der Waals surface area contributed by atoms with Gasteiger partial charge in [0.15, 0.2) is 0 Å². The van der Waals surface area contributed by atoms with Crippen LogP contribution < -0.4 is 5.73 Å². The molecule has 18 heavy (non-hydrogen) atoms. The predicted octanol–water partition coefficient (Wildman–Crippen LogP) is 1.42. The normalized spacial score (nSPS) is 22.9. The molecule has 1 saturated heterocycles. The van der Waals surface area contributed by atoms with Crippen molar-refractivity contribution in [2.45, 2.75) is 32.1 Å². The lowest BCUT2D eigenvalue weighted by atomic mass is 9.95. The molecule has 0 saturated carbocycles. The third-order valence-electron chi connectivity index (χ3n) is 3.70. The van der Waals surface area contributed by atoms with Crippen molar-refractivity contribution in [2.75, 3.05) is 26.7 Å². The molecule has 1 aliphatic heterocycles. The number of rotatable bonds is 4. The second-order valence-electron chi connectivity index (χ2n) is 5.54. The molecule has 2 N–H and O–H groups in total. The second-order valence-corrected chi connectivity index (χ2v) is 5.54. The Labute approximate surface area is 110 Å². The first-order valence-corrected chi connectivity index (χ1v) is 6.89. The Bertz CT molecular complexity index is 380. The van der Waals surface area contributed by atoms with Gasteiger partial charge in [-0.3, -0.25) is 0 Å². The third kappa shape index (κ3) is 3.50. The van der Waals surface area contributed by atoms with E-state index in [1.54, 1.807) is 0 Å². The van der Waals surface area contributed by atoms with Crippen molar-refractivity contribution in [1.29, 1.82) is 0 Å². The van der Waals surface area contributed by atoms with E-state index < -0.39 is 0 Å². The highest BCUT2D eigenvalue weighted by Crippen LogP contribution is 2.24. The Kier molecular flexibility index (Phi) is 4.66. The van der Waals surface area contributed by atoms with Crippen molar-refractivity contribution in [3.05, 3.63) is 23.8 Å². The van der Waals surface area contributed by atoms with Crippen LogP contribution in [0.5, 0.6) is 0 Å². The zero-order valence-electron chi connectivity index (χ0n) is 11.5. The van der Waals surface area contributed by atoms with Gasteiger partial charge in [-0.25, -0.2) is 9.97 Å². The van der Waals surface area contributed by atoms with Crippen molar-refractivity contribution in [1.82, 2.24) is 14.9 Å². The minimum atomic E-state index is 0.453. The first-order valence-electron chi connectivity index (χ1n) is 6.89. The van der Waals surface area contributed by atoms with Crippen molar-refractivity contribution in [2.24, 2.45) is 11.7 Å². The molecular formula is C14H24N4. The van der Waals surface area contributed by atoms with Crippen molar-refractivity contribution in [3.8, 4) is 0 Å². The monoisotopic (exact) mass is 248 g/mol. The van der Waals surface area contributed by atoms with Gasteiger partial charge in [-0.15, -0.1) is 0 Å². The number of likely N-dealkylation sites (N-methyl/N-ethyl adjacent to an activating group) is 1. The molecule has 0 spiro atoms. The molecule has 0 aromatic carbocycles. The van der Waals surface area contributed by atoms with Crippen LogP contribution in [0.3, 0.4) is 0 Å². The fraction of sp³-hybridized carbons (Fsp3) is 0.714. The van der Waals surface area contributed by atoms with Crippen LogP contribution >= 0.6 is 0 Å². The summed E-state index contributed by atoms with van der Waals surface area (Å²) in [6.07, 6.45) is 5.29. The van der Waals surface area contributed by atoms with Gasteiger partial charge in [0, 0.05) is 30.8 Å². The summed E-state index contributed by atoms with van der Waals surface area (Å²) in [6.45, 7) is 5.16. The maximum Gasteiger partial charge on any atom is 0.128 e. The largest absolute Gasteiger partial charge is 0.330 e. The van der Waals surface area contributed by atoms with E-state index in [4.69, 9.17) is 10.7 Å². The zero-order valence-corrected chi connectivity index (χ0v) is 11.5.